The van der Waals surface area contributed by atoms with Gasteiger partial charge in [-0.15, -0.1) is 0 Å². The smallest absolute Gasteiger partial charge is 0.239 e. The van der Waals surface area contributed by atoms with E-state index in [1.54, 1.807) is 0 Å². The van der Waals surface area contributed by atoms with E-state index in [1.165, 1.54) is 0 Å². The number of hydrogen-bond donors (Lipinski definition) is 3. The van der Waals surface area contributed by atoms with Crippen LogP contribution in [0.25, 0.3) is 0 Å². The first-order chi connectivity index (χ1) is 7.51. The molecule has 0 aromatic rings. The van der Waals surface area contributed by atoms with Gasteiger partial charge in [-0.2, -0.15) is 0 Å². The van der Waals surface area contributed by atoms with Gasteiger partial charge in [0.05, 0.1) is 19.3 Å². The van der Waals surface area contributed by atoms with E-state index in [1.807, 2.05) is 13.8 Å². The first-order valence-corrected chi connectivity index (χ1v) is 5.81. The van der Waals surface area contributed by atoms with E-state index in [0.717, 1.165) is 6.54 Å². The maximum Gasteiger partial charge on any atom is 0.239 e. The van der Waals surface area contributed by atoms with Gasteiger partial charge in [-0.3, -0.25) is 4.79 Å². The molecule has 1 saturated heterocycles. The van der Waals surface area contributed by atoms with Gasteiger partial charge in [-0.25, -0.2) is 0 Å². The molecule has 3 atom stereocenters. The number of amides is 1. The second-order valence-electron chi connectivity index (χ2n) is 5.22. The monoisotopic (exact) mass is 228 g/mol. The Morgan fingerprint density at radius 1 is 1.56 bits per heavy atom. The SMILES string of the molecule is CC1(C)C(O)CC1NC(=O)C1COCCN1. The number of morpholine rings is 1. The van der Waals surface area contributed by atoms with E-state index in [-0.39, 0.29) is 29.5 Å². The molecule has 5 heteroatoms. The van der Waals surface area contributed by atoms with Crippen molar-refractivity contribution in [2.75, 3.05) is 19.8 Å². The Balaban J connectivity index is 1.83. The maximum atomic E-state index is 11.9. The Kier molecular flexibility index (Phi) is 3.19. The summed E-state index contributed by atoms with van der Waals surface area (Å²) < 4.78 is 5.24. The van der Waals surface area contributed by atoms with Crippen LogP contribution in [0, 0.1) is 5.41 Å². The van der Waals surface area contributed by atoms with Crippen LogP contribution in [0.5, 0.6) is 0 Å². The molecule has 3 unspecified atom stereocenters. The standard InChI is InChI=1S/C11H20N2O3/c1-11(2)8(5-9(11)14)13-10(15)7-6-16-4-3-12-7/h7-9,12,14H,3-6H2,1-2H3,(H,13,15). The highest BCUT2D eigenvalue weighted by Crippen LogP contribution is 2.40. The van der Waals surface area contributed by atoms with E-state index < -0.39 is 0 Å². The van der Waals surface area contributed by atoms with Crippen molar-refractivity contribution in [3.05, 3.63) is 0 Å². The molecule has 0 spiro atoms. The lowest BCUT2D eigenvalue weighted by atomic mass is 9.64. The number of carbonyl (C=O) groups excluding carboxylic acids is 1. The lowest BCUT2D eigenvalue weighted by Gasteiger charge is -2.49. The molecule has 16 heavy (non-hydrogen) atoms. The molecule has 5 nitrogen and oxygen atoms in total. The van der Waals surface area contributed by atoms with Gasteiger partial charge in [0.2, 0.25) is 5.91 Å². The van der Waals surface area contributed by atoms with E-state index in [0.29, 0.717) is 19.6 Å². The topological polar surface area (TPSA) is 70.6 Å². The van der Waals surface area contributed by atoms with Gasteiger partial charge in [0, 0.05) is 18.0 Å². The summed E-state index contributed by atoms with van der Waals surface area (Å²) >= 11 is 0. The zero-order valence-corrected chi connectivity index (χ0v) is 9.82. The molecular weight excluding hydrogens is 208 g/mol. The lowest BCUT2D eigenvalue weighted by Crippen LogP contribution is -2.64. The Bertz CT molecular complexity index is 274. The number of rotatable bonds is 2. The molecule has 2 rings (SSSR count). The number of carbonyl (C=O) groups is 1. The number of hydrogen-bond acceptors (Lipinski definition) is 4. The van der Waals surface area contributed by atoms with E-state index in [2.05, 4.69) is 10.6 Å². The molecule has 1 saturated carbocycles. The molecule has 0 aromatic carbocycles. The average molecular weight is 228 g/mol. The molecule has 1 amide bonds. The van der Waals surface area contributed by atoms with Gasteiger partial charge in [0.1, 0.15) is 6.04 Å². The predicted octanol–water partition coefficient (Wildman–Crippen LogP) is -0.750. The van der Waals surface area contributed by atoms with Crippen molar-refractivity contribution in [1.29, 1.82) is 0 Å². The summed E-state index contributed by atoms with van der Waals surface area (Å²) in [6.45, 7) is 5.75. The third kappa shape index (κ3) is 2.07. The summed E-state index contributed by atoms with van der Waals surface area (Å²) in [7, 11) is 0. The average Bonchev–Trinajstić information content (AvgIpc) is 2.29. The fourth-order valence-corrected chi connectivity index (χ4v) is 2.15. The van der Waals surface area contributed by atoms with Gasteiger partial charge >= 0.3 is 0 Å². The van der Waals surface area contributed by atoms with Crippen molar-refractivity contribution in [1.82, 2.24) is 10.6 Å². The molecule has 1 heterocycles. The molecule has 2 aliphatic rings. The van der Waals surface area contributed by atoms with Crippen molar-refractivity contribution < 1.29 is 14.6 Å². The van der Waals surface area contributed by atoms with Crippen LogP contribution < -0.4 is 10.6 Å². The summed E-state index contributed by atoms with van der Waals surface area (Å²) in [5.41, 5.74) is -0.217. The zero-order valence-electron chi connectivity index (χ0n) is 9.82. The Labute approximate surface area is 95.5 Å². The highest BCUT2D eigenvalue weighted by atomic mass is 16.5. The van der Waals surface area contributed by atoms with Gasteiger partial charge in [-0.1, -0.05) is 13.8 Å². The van der Waals surface area contributed by atoms with Gasteiger partial charge < -0.3 is 20.5 Å². The van der Waals surface area contributed by atoms with Gasteiger partial charge in [0.15, 0.2) is 0 Å². The van der Waals surface area contributed by atoms with Crippen LogP contribution in [-0.2, 0) is 9.53 Å². The highest BCUT2D eigenvalue weighted by Gasteiger charge is 2.48. The van der Waals surface area contributed by atoms with E-state index >= 15 is 0 Å². The minimum atomic E-state index is -0.312. The molecule has 0 aromatic heterocycles. The molecule has 1 aliphatic carbocycles. The second kappa shape index (κ2) is 4.31. The summed E-state index contributed by atoms with van der Waals surface area (Å²) in [5.74, 6) is -0.0234. The van der Waals surface area contributed by atoms with Gasteiger partial charge in [-0.05, 0) is 6.42 Å². The number of aliphatic hydroxyl groups is 1. The molecule has 2 fully saturated rings. The first kappa shape index (κ1) is 11.8. The molecule has 3 N–H and O–H groups in total. The van der Waals surface area contributed by atoms with Crippen LogP contribution in [0.1, 0.15) is 20.3 Å². The quantitative estimate of drug-likeness (QED) is 0.581. The Morgan fingerprint density at radius 2 is 2.31 bits per heavy atom. The summed E-state index contributed by atoms with van der Waals surface area (Å²) in [4.78, 5) is 11.9. The molecule has 1 aliphatic heterocycles. The van der Waals surface area contributed by atoms with Crippen molar-refractivity contribution in [2.45, 2.75) is 38.5 Å². The van der Waals surface area contributed by atoms with Gasteiger partial charge in [0.25, 0.3) is 0 Å². The summed E-state index contributed by atoms with van der Waals surface area (Å²) in [6, 6.07) is -0.180. The normalized spacial score (nSPS) is 37.6. The largest absolute Gasteiger partial charge is 0.392 e. The van der Waals surface area contributed by atoms with E-state index in [9.17, 15) is 9.90 Å². The summed E-state index contributed by atoms with van der Waals surface area (Å²) in [6.07, 6.45) is 0.333. The van der Waals surface area contributed by atoms with Crippen LogP contribution in [0.3, 0.4) is 0 Å². The minimum Gasteiger partial charge on any atom is -0.392 e. The predicted molar refractivity (Wildman–Crippen MR) is 58.9 cm³/mol. The molecule has 92 valence electrons. The fourth-order valence-electron chi connectivity index (χ4n) is 2.15. The van der Waals surface area contributed by atoms with Crippen LogP contribution in [0.4, 0.5) is 0 Å². The number of nitrogens with one attached hydrogen (secondary N) is 2. The van der Waals surface area contributed by atoms with Crippen molar-refractivity contribution in [3.8, 4) is 0 Å². The van der Waals surface area contributed by atoms with Crippen molar-refractivity contribution >= 4 is 5.91 Å². The zero-order chi connectivity index (χ0) is 11.8. The third-order valence-corrected chi connectivity index (χ3v) is 3.77. The minimum absolute atomic E-state index is 0.0234. The molecular formula is C11H20N2O3. The lowest BCUT2D eigenvalue weighted by molar-refractivity contribution is -0.133. The van der Waals surface area contributed by atoms with Crippen LogP contribution >= 0.6 is 0 Å². The maximum absolute atomic E-state index is 11.9. The summed E-state index contributed by atoms with van der Waals surface area (Å²) in [5, 5.41) is 15.7. The van der Waals surface area contributed by atoms with Crippen LogP contribution in [0.15, 0.2) is 0 Å². The third-order valence-electron chi connectivity index (χ3n) is 3.77. The Hall–Kier alpha value is -0.650. The van der Waals surface area contributed by atoms with Crippen molar-refractivity contribution in [3.63, 3.8) is 0 Å². The van der Waals surface area contributed by atoms with Crippen LogP contribution in [-0.4, -0.2) is 49.0 Å². The fraction of sp³-hybridized carbons (Fsp3) is 0.909. The van der Waals surface area contributed by atoms with Crippen molar-refractivity contribution in [2.24, 2.45) is 5.41 Å². The highest BCUT2D eigenvalue weighted by molar-refractivity contribution is 5.82. The van der Waals surface area contributed by atoms with Crippen LogP contribution in [0.2, 0.25) is 0 Å². The molecule has 0 radical (unpaired) electrons. The number of aliphatic hydroxyl groups excluding tert-OH is 1. The first-order valence-electron chi connectivity index (χ1n) is 5.81. The molecule has 0 bridgehead atoms. The Morgan fingerprint density at radius 3 is 2.81 bits per heavy atom. The number of ether oxygens (including phenoxy) is 1. The second-order valence-corrected chi connectivity index (χ2v) is 5.22. The van der Waals surface area contributed by atoms with E-state index in [4.69, 9.17) is 4.74 Å².